The number of nitrogens with zero attached hydrogens (tertiary/aromatic N) is 3. The summed E-state index contributed by atoms with van der Waals surface area (Å²) in [6, 6.07) is 7.87. The number of hydrogen-bond donors (Lipinski definition) is 1. The maximum Gasteiger partial charge on any atom is 0.241 e. The van der Waals surface area contributed by atoms with E-state index in [1.165, 1.54) is 5.56 Å². The molecule has 0 heterocycles. The molecule has 5 nitrogen and oxygen atoms in total. The van der Waals surface area contributed by atoms with Crippen LogP contribution in [0.1, 0.15) is 24.5 Å². The van der Waals surface area contributed by atoms with Crippen LogP contribution in [0.25, 0.3) is 0 Å². The number of aryl methyl sites for hydroxylation is 2. The van der Waals surface area contributed by atoms with Gasteiger partial charge in [-0.05, 0) is 51.1 Å². The monoisotopic (exact) mass is 303 g/mol. The highest BCUT2D eigenvalue weighted by Crippen LogP contribution is 2.19. The van der Waals surface area contributed by atoms with Gasteiger partial charge in [-0.2, -0.15) is 5.26 Å². The molecule has 1 atom stereocenters. The molecule has 0 fully saturated rings. The number of aliphatic hydroxyl groups excluding tert-OH is 1. The quantitative estimate of drug-likeness (QED) is 0.835. The van der Waals surface area contributed by atoms with Crippen molar-refractivity contribution >= 4 is 11.6 Å². The van der Waals surface area contributed by atoms with E-state index in [0.29, 0.717) is 6.54 Å². The van der Waals surface area contributed by atoms with Crippen LogP contribution in [0.3, 0.4) is 0 Å². The number of hydrogen-bond acceptors (Lipinski definition) is 4. The van der Waals surface area contributed by atoms with Crippen LogP contribution >= 0.6 is 0 Å². The van der Waals surface area contributed by atoms with E-state index in [9.17, 15) is 9.90 Å². The van der Waals surface area contributed by atoms with Crippen LogP contribution in [0, 0.1) is 25.2 Å². The molecule has 1 unspecified atom stereocenters. The molecule has 1 rings (SSSR count). The fraction of sp³-hybridized carbons (Fsp3) is 0.529. The van der Waals surface area contributed by atoms with Crippen molar-refractivity contribution in [3.8, 4) is 6.07 Å². The maximum absolute atomic E-state index is 12.6. The Labute approximate surface area is 132 Å². The minimum atomic E-state index is -0.0819. The molecular formula is C17H25N3O2. The van der Waals surface area contributed by atoms with Crippen molar-refractivity contribution in [3.05, 3.63) is 29.3 Å². The number of carbonyl (C=O) groups excluding carboxylic acids is 1. The molecule has 1 aromatic rings. The zero-order valence-electron chi connectivity index (χ0n) is 13.8. The van der Waals surface area contributed by atoms with Gasteiger partial charge < -0.3 is 10.0 Å². The predicted octanol–water partition coefficient (Wildman–Crippen LogP) is 1.86. The first-order valence-corrected chi connectivity index (χ1v) is 7.46. The third-order valence-electron chi connectivity index (χ3n) is 3.95. The molecule has 0 spiro atoms. The van der Waals surface area contributed by atoms with Gasteiger partial charge in [-0.3, -0.25) is 9.69 Å². The first kappa shape index (κ1) is 18.1. The summed E-state index contributed by atoms with van der Waals surface area (Å²) in [4.78, 5) is 16.0. The van der Waals surface area contributed by atoms with Crippen molar-refractivity contribution in [2.75, 3.05) is 31.6 Å². The van der Waals surface area contributed by atoms with Gasteiger partial charge in [0.2, 0.25) is 5.91 Å². The van der Waals surface area contributed by atoms with Crippen molar-refractivity contribution in [2.45, 2.75) is 33.2 Å². The zero-order valence-corrected chi connectivity index (χ0v) is 13.8. The topological polar surface area (TPSA) is 67.6 Å². The normalized spacial score (nSPS) is 12.0. The molecule has 1 amide bonds. The van der Waals surface area contributed by atoms with Crippen LogP contribution in [0.2, 0.25) is 0 Å². The zero-order chi connectivity index (χ0) is 16.7. The Kier molecular flexibility index (Phi) is 7.03. The number of aliphatic hydroxyl groups is 1. The van der Waals surface area contributed by atoms with E-state index in [1.807, 2.05) is 50.9 Å². The Bertz CT molecular complexity index is 551. The number of nitriles is 1. The number of likely N-dealkylation sites (N-methyl/N-ethyl adjacent to an activating group) is 1. The molecule has 120 valence electrons. The molecule has 0 aromatic heterocycles. The highest BCUT2D eigenvalue weighted by atomic mass is 16.3. The van der Waals surface area contributed by atoms with Gasteiger partial charge in [0.15, 0.2) is 0 Å². The Morgan fingerprint density at radius 3 is 2.59 bits per heavy atom. The first-order valence-electron chi connectivity index (χ1n) is 7.46. The lowest BCUT2D eigenvalue weighted by Crippen LogP contribution is -2.43. The third-order valence-corrected chi connectivity index (χ3v) is 3.95. The molecule has 22 heavy (non-hydrogen) atoms. The second kappa shape index (κ2) is 8.52. The lowest BCUT2D eigenvalue weighted by Gasteiger charge is -2.28. The summed E-state index contributed by atoms with van der Waals surface area (Å²) in [6.07, 6.45) is 0.290. The van der Waals surface area contributed by atoms with Gasteiger partial charge in [0, 0.05) is 18.3 Å². The molecule has 1 aromatic carbocycles. The van der Waals surface area contributed by atoms with Gasteiger partial charge in [0.25, 0.3) is 0 Å². The van der Waals surface area contributed by atoms with Crippen LogP contribution < -0.4 is 4.90 Å². The van der Waals surface area contributed by atoms with E-state index in [2.05, 4.69) is 6.07 Å². The third kappa shape index (κ3) is 4.83. The number of benzene rings is 1. The molecule has 0 saturated heterocycles. The molecule has 1 N–H and O–H groups in total. The Morgan fingerprint density at radius 1 is 1.36 bits per heavy atom. The highest BCUT2D eigenvalue weighted by Gasteiger charge is 2.19. The summed E-state index contributed by atoms with van der Waals surface area (Å²) >= 11 is 0. The number of anilines is 1. The number of carbonyl (C=O) groups is 1. The molecule has 0 aliphatic carbocycles. The summed E-state index contributed by atoms with van der Waals surface area (Å²) in [7, 11) is 1.81. The molecule has 0 aliphatic heterocycles. The lowest BCUT2D eigenvalue weighted by atomic mass is 10.1. The molecular weight excluding hydrogens is 278 g/mol. The molecule has 0 saturated carbocycles. The van der Waals surface area contributed by atoms with E-state index < -0.39 is 0 Å². The van der Waals surface area contributed by atoms with Gasteiger partial charge in [0.1, 0.15) is 0 Å². The van der Waals surface area contributed by atoms with Crippen molar-refractivity contribution < 1.29 is 9.90 Å². The maximum atomic E-state index is 12.6. The van der Waals surface area contributed by atoms with Gasteiger partial charge in [-0.1, -0.05) is 6.07 Å². The Hall–Kier alpha value is -1.90. The summed E-state index contributed by atoms with van der Waals surface area (Å²) in [5, 5.41) is 18.0. The predicted molar refractivity (Wildman–Crippen MR) is 87.7 cm³/mol. The van der Waals surface area contributed by atoms with E-state index in [0.717, 1.165) is 11.3 Å². The highest BCUT2D eigenvalue weighted by molar-refractivity contribution is 5.95. The van der Waals surface area contributed by atoms with Gasteiger partial charge in [-0.15, -0.1) is 0 Å². The van der Waals surface area contributed by atoms with Crippen LogP contribution in [0.5, 0.6) is 0 Å². The molecule has 0 bridgehead atoms. The SMILES string of the molecule is Cc1ccc(N(CCC#N)C(=O)CN(C)C(C)CO)cc1C. The smallest absolute Gasteiger partial charge is 0.241 e. The molecule has 0 radical (unpaired) electrons. The van der Waals surface area contributed by atoms with Crippen LogP contribution in [0.4, 0.5) is 5.69 Å². The summed E-state index contributed by atoms with van der Waals surface area (Å²) in [6.45, 7) is 6.48. The lowest BCUT2D eigenvalue weighted by molar-refractivity contribution is -0.120. The van der Waals surface area contributed by atoms with Gasteiger partial charge in [0.05, 0.1) is 25.6 Å². The summed E-state index contributed by atoms with van der Waals surface area (Å²) < 4.78 is 0. The van der Waals surface area contributed by atoms with E-state index in [1.54, 1.807) is 4.90 Å². The van der Waals surface area contributed by atoms with Crippen molar-refractivity contribution in [3.63, 3.8) is 0 Å². The standard InChI is InChI=1S/C17H25N3O2/c1-13-6-7-16(10-14(13)2)20(9-5-8-18)17(22)11-19(4)15(3)12-21/h6-7,10,15,21H,5,9,11-12H2,1-4H3. The Morgan fingerprint density at radius 2 is 2.05 bits per heavy atom. The Balaban J connectivity index is 2.94. The second-order valence-electron chi connectivity index (χ2n) is 5.67. The van der Waals surface area contributed by atoms with Gasteiger partial charge >= 0.3 is 0 Å². The number of amides is 1. The van der Waals surface area contributed by atoms with Crippen molar-refractivity contribution in [1.29, 1.82) is 5.26 Å². The average Bonchev–Trinajstić information content (AvgIpc) is 2.50. The van der Waals surface area contributed by atoms with E-state index in [-0.39, 0.29) is 31.5 Å². The fourth-order valence-corrected chi connectivity index (χ4v) is 2.05. The minimum absolute atomic E-state index is 0.00557. The van der Waals surface area contributed by atoms with Gasteiger partial charge in [-0.25, -0.2) is 0 Å². The van der Waals surface area contributed by atoms with Crippen LogP contribution in [-0.2, 0) is 4.79 Å². The van der Waals surface area contributed by atoms with Crippen molar-refractivity contribution in [2.24, 2.45) is 0 Å². The summed E-state index contributed by atoms with van der Waals surface area (Å²) in [5.74, 6) is -0.0682. The minimum Gasteiger partial charge on any atom is -0.395 e. The average molecular weight is 303 g/mol. The van der Waals surface area contributed by atoms with Crippen molar-refractivity contribution in [1.82, 2.24) is 4.90 Å². The van der Waals surface area contributed by atoms with E-state index >= 15 is 0 Å². The first-order chi connectivity index (χ1) is 10.4. The van der Waals surface area contributed by atoms with Crippen LogP contribution in [0.15, 0.2) is 18.2 Å². The van der Waals surface area contributed by atoms with E-state index in [4.69, 9.17) is 5.26 Å². The fourth-order valence-electron chi connectivity index (χ4n) is 2.05. The molecule has 0 aliphatic rings. The summed E-state index contributed by atoms with van der Waals surface area (Å²) in [5.41, 5.74) is 3.10. The largest absolute Gasteiger partial charge is 0.395 e. The number of rotatable bonds is 7. The molecule has 5 heteroatoms. The van der Waals surface area contributed by atoms with Crippen LogP contribution in [-0.4, -0.2) is 48.7 Å². The second-order valence-corrected chi connectivity index (χ2v) is 5.67.